The molecule has 2 fully saturated rings. The summed E-state index contributed by atoms with van der Waals surface area (Å²) in [6, 6.07) is 4.66. The van der Waals surface area contributed by atoms with Crippen LogP contribution in [0.2, 0.25) is 10.0 Å². The number of hydrogen-bond acceptors (Lipinski definition) is 2. The van der Waals surface area contributed by atoms with E-state index in [2.05, 4.69) is 15.9 Å². The summed E-state index contributed by atoms with van der Waals surface area (Å²) in [6.45, 7) is 0. The second-order valence-electron chi connectivity index (χ2n) is 5.39. The van der Waals surface area contributed by atoms with Crippen LogP contribution in [-0.2, 0) is 10.0 Å². The monoisotopic (exact) mass is 397 g/mol. The normalized spacial score (nSPS) is 30.6. The van der Waals surface area contributed by atoms with Crippen molar-refractivity contribution in [3.05, 3.63) is 28.2 Å². The highest BCUT2D eigenvalue weighted by Crippen LogP contribution is 2.42. The highest BCUT2D eigenvalue weighted by atomic mass is 79.9. The zero-order valence-corrected chi connectivity index (χ0v) is 14.5. The highest BCUT2D eigenvalue weighted by Gasteiger charge is 2.46. The van der Waals surface area contributed by atoms with E-state index in [9.17, 15) is 8.42 Å². The van der Waals surface area contributed by atoms with Crippen LogP contribution in [0.3, 0.4) is 0 Å². The Morgan fingerprint density at radius 1 is 1.05 bits per heavy atom. The molecule has 0 N–H and O–H groups in total. The van der Waals surface area contributed by atoms with Gasteiger partial charge in [-0.2, -0.15) is 4.31 Å². The summed E-state index contributed by atoms with van der Waals surface area (Å²) in [7, 11) is -3.52. The number of halogens is 3. The van der Waals surface area contributed by atoms with Crippen LogP contribution in [0.25, 0.3) is 0 Å². The van der Waals surface area contributed by atoms with Crippen LogP contribution in [-0.4, -0.2) is 29.6 Å². The Kier molecular flexibility index (Phi) is 4.10. The fourth-order valence-corrected chi connectivity index (χ4v) is 6.74. The third-order valence-electron chi connectivity index (χ3n) is 4.02. The van der Waals surface area contributed by atoms with E-state index >= 15 is 0 Å². The molecule has 110 valence electrons. The molecule has 2 atom stereocenters. The lowest BCUT2D eigenvalue weighted by atomic mass is 10.1. The quantitative estimate of drug-likeness (QED) is 0.704. The first-order valence-electron chi connectivity index (χ1n) is 6.51. The van der Waals surface area contributed by atoms with Crippen LogP contribution in [0, 0.1) is 0 Å². The van der Waals surface area contributed by atoms with E-state index in [1.165, 1.54) is 12.1 Å². The van der Waals surface area contributed by atoms with Gasteiger partial charge < -0.3 is 0 Å². The highest BCUT2D eigenvalue weighted by molar-refractivity contribution is 9.09. The van der Waals surface area contributed by atoms with Crippen molar-refractivity contribution in [2.24, 2.45) is 0 Å². The minimum Gasteiger partial charge on any atom is -0.207 e. The van der Waals surface area contributed by atoms with Gasteiger partial charge in [-0.3, -0.25) is 0 Å². The van der Waals surface area contributed by atoms with Crippen LogP contribution < -0.4 is 0 Å². The summed E-state index contributed by atoms with van der Waals surface area (Å²) >= 11 is 15.5. The van der Waals surface area contributed by atoms with E-state index in [4.69, 9.17) is 23.2 Å². The third-order valence-corrected chi connectivity index (χ3v) is 7.19. The first kappa shape index (κ1) is 15.1. The van der Waals surface area contributed by atoms with E-state index in [0.717, 1.165) is 25.7 Å². The number of rotatable bonds is 2. The van der Waals surface area contributed by atoms with E-state index in [1.54, 1.807) is 10.4 Å². The summed E-state index contributed by atoms with van der Waals surface area (Å²) in [4.78, 5) is 0.606. The predicted octanol–water partition coefficient (Wildman–Crippen LogP) is 4.07. The predicted molar refractivity (Wildman–Crippen MR) is 84.2 cm³/mol. The summed E-state index contributed by atoms with van der Waals surface area (Å²) in [5.74, 6) is 0. The Balaban J connectivity index is 2.00. The molecule has 3 rings (SSSR count). The van der Waals surface area contributed by atoms with Gasteiger partial charge >= 0.3 is 0 Å². The first-order valence-corrected chi connectivity index (χ1v) is 9.63. The summed E-state index contributed by atoms with van der Waals surface area (Å²) in [5.41, 5.74) is 0. The molecule has 1 aromatic carbocycles. The average molecular weight is 399 g/mol. The van der Waals surface area contributed by atoms with Crippen molar-refractivity contribution < 1.29 is 8.42 Å². The van der Waals surface area contributed by atoms with Crippen LogP contribution >= 0.6 is 39.1 Å². The average Bonchev–Trinajstić information content (AvgIpc) is 2.62. The van der Waals surface area contributed by atoms with Gasteiger partial charge in [-0.25, -0.2) is 8.42 Å². The second-order valence-corrected chi connectivity index (χ2v) is 9.40. The van der Waals surface area contributed by atoms with Gasteiger partial charge in [0.1, 0.15) is 0 Å². The molecule has 2 heterocycles. The summed E-state index contributed by atoms with van der Waals surface area (Å²) in [6.07, 6.45) is 3.59. The maximum Gasteiger partial charge on any atom is 0.243 e. The fraction of sp³-hybridized carbons (Fsp3) is 0.538. The molecule has 20 heavy (non-hydrogen) atoms. The van der Waals surface area contributed by atoms with E-state index in [-0.39, 0.29) is 17.0 Å². The Labute approximate surface area is 137 Å². The van der Waals surface area contributed by atoms with Crippen LogP contribution in [0.15, 0.2) is 23.1 Å². The maximum atomic E-state index is 12.9. The van der Waals surface area contributed by atoms with Crippen LogP contribution in [0.5, 0.6) is 0 Å². The number of alkyl halides is 1. The number of sulfonamides is 1. The smallest absolute Gasteiger partial charge is 0.207 e. The molecule has 0 spiro atoms. The Bertz CT molecular complexity index is 603. The van der Waals surface area contributed by atoms with Gasteiger partial charge in [-0.1, -0.05) is 39.1 Å². The molecule has 0 saturated carbocycles. The van der Waals surface area contributed by atoms with Crippen molar-refractivity contribution in [3.63, 3.8) is 0 Å². The molecular formula is C13H14BrCl2NO2S. The topological polar surface area (TPSA) is 37.4 Å². The van der Waals surface area contributed by atoms with E-state index in [1.807, 2.05) is 0 Å². The minimum absolute atomic E-state index is 0.0842. The SMILES string of the molecule is O=S(=O)(c1cc(Cl)cc(Cl)c1)N1C2CCC1CC(Br)C2. The van der Waals surface area contributed by atoms with Gasteiger partial charge in [0.05, 0.1) is 4.90 Å². The number of piperidine rings is 1. The van der Waals surface area contributed by atoms with Crippen molar-refractivity contribution in [1.29, 1.82) is 0 Å². The molecule has 7 heteroatoms. The molecule has 1 aromatic rings. The second kappa shape index (κ2) is 5.43. The zero-order valence-electron chi connectivity index (χ0n) is 10.6. The van der Waals surface area contributed by atoms with Crippen molar-refractivity contribution in [2.45, 2.75) is 47.5 Å². The van der Waals surface area contributed by atoms with Crippen molar-refractivity contribution in [1.82, 2.24) is 4.31 Å². The number of hydrogen-bond donors (Lipinski definition) is 0. The molecule has 0 aromatic heterocycles. The van der Waals surface area contributed by atoms with Gasteiger partial charge in [0, 0.05) is 27.0 Å². The van der Waals surface area contributed by atoms with Gasteiger partial charge in [0.15, 0.2) is 0 Å². The lowest BCUT2D eigenvalue weighted by Gasteiger charge is -2.36. The molecule has 2 saturated heterocycles. The molecule has 2 aliphatic heterocycles. The van der Waals surface area contributed by atoms with Crippen molar-refractivity contribution >= 4 is 49.2 Å². The summed E-state index contributed by atoms with van der Waals surface area (Å²) in [5, 5.41) is 0.692. The molecule has 0 amide bonds. The number of fused-ring (bicyclic) bond motifs is 2. The largest absolute Gasteiger partial charge is 0.243 e. The van der Waals surface area contributed by atoms with Crippen molar-refractivity contribution in [2.75, 3.05) is 0 Å². The lowest BCUT2D eigenvalue weighted by Crippen LogP contribution is -2.46. The standard InChI is InChI=1S/C13H14BrCl2NO2S/c14-8-3-11-1-2-12(4-8)17(11)20(18,19)13-6-9(15)5-10(16)7-13/h5-8,11-12H,1-4H2. The Morgan fingerprint density at radius 2 is 1.55 bits per heavy atom. The molecule has 3 nitrogen and oxygen atoms in total. The molecule has 2 aliphatic rings. The molecule has 0 aliphatic carbocycles. The van der Waals surface area contributed by atoms with Gasteiger partial charge in [-0.05, 0) is 43.9 Å². The fourth-order valence-electron chi connectivity index (χ4n) is 3.26. The van der Waals surface area contributed by atoms with Gasteiger partial charge in [-0.15, -0.1) is 0 Å². The van der Waals surface area contributed by atoms with Crippen molar-refractivity contribution in [3.8, 4) is 0 Å². The number of benzene rings is 1. The molecular weight excluding hydrogens is 385 g/mol. The zero-order chi connectivity index (χ0) is 14.5. The minimum atomic E-state index is -3.52. The Morgan fingerprint density at radius 3 is 2.05 bits per heavy atom. The van der Waals surface area contributed by atoms with Gasteiger partial charge in [0.2, 0.25) is 10.0 Å². The summed E-state index contributed by atoms with van der Waals surface area (Å²) < 4.78 is 27.4. The lowest BCUT2D eigenvalue weighted by molar-refractivity contribution is 0.255. The maximum absolute atomic E-state index is 12.9. The van der Waals surface area contributed by atoms with Crippen LogP contribution in [0.4, 0.5) is 0 Å². The van der Waals surface area contributed by atoms with E-state index in [0.29, 0.717) is 14.9 Å². The van der Waals surface area contributed by atoms with E-state index < -0.39 is 10.0 Å². The third kappa shape index (κ3) is 2.63. The van der Waals surface area contributed by atoms with Gasteiger partial charge in [0.25, 0.3) is 0 Å². The first-order chi connectivity index (χ1) is 9.38. The molecule has 2 unspecified atom stereocenters. The van der Waals surface area contributed by atoms with Crippen LogP contribution in [0.1, 0.15) is 25.7 Å². The molecule has 0 radical (unpaired) electrons. The Hall–Kier alpha value is 0.190. The molecule has 2 bridgehead atoms. The number of nitrogens with zero attached hydrogens (tertiary/aromatic N) is 1.